The first kappa shape index (κ1) is 11.9. The molecule has 0 aliphatic heterocycles. The molecule has 0 saturated heterocycles. The van der Waals surface area contributed by atoms with E-state index in [0.29, 0.717) is 0 Å². The summed E-state index contributed by atoms with van der Waals surface area (Å²) in [6.45, 7) is 3.63. The molecular weight excluding hydrogens is 228 g/mol. The predicted octanol–water partition coefficient (Wildman–Crippen LogP) is 1.90. The molecule has 0 saturated carbocycles. The molecule has 4 nitrogen and oxygen atoms in total. The molecule has 1 heterocycles. The smallest absolute Gasteiger partial charge is 0.155 e. The Labute approximate surface area is 96.9 Å². The van der Waals surface area contributed by atoms with Crippen LogP contribution in [0.3, 0.4) is 0 Å². The van der Waals surface area contributed by atoms with Gasteiger partial charge in [-0.3, -0.25) is 0 Å². The second kappa shape index (κ2) is 4.37. The van der Waals surface area contributed by atoms with Gasteiger partial charge >= 0.3 is 0 Å². The highest BCUT2D eigenvalue weighted by Gasteiger charge is 2.20. The third-order valence-corrected chi connectivity index (χ3v) is 2.77. The maximum Gasteiger partial charge on any atom is 0.155 e. The van der Waals surface area contributed by atoms with E-state index in [2.05, 4.69) is 10.3 Å². The highest BCUT2D eigenvalue weighted by molar-refractivity contribution is 5.75. The fourth-order valence-corrected chi connectivity index (χ4v) is 1.78. The van der Waals surface area contributed by atoms with Gasteiger partial charge in [0.05, 0.1) is 18.2 Å². The van der Waals surface area contributed by atoms with Crippen molar-refractivity contribution >= 4 is 11.0 Å². The van der Waals surface area contributed by atoms with Gasteiger partial charge in [0, 0.05) is 12.1 Å². The van der Waals surface area contributed by atoms with Crippen molar-refractivity contribution < 1.29 is 13.9 Å². The fourth-order valence-electron chi connectivity index (χ4n) is 1.78. The summed E-state index contributed by atoms with van der Waals surface area (Å²) in [7, 11) is 0. The Morgan fingerprint density at radius 1 is 1.35 bits per heavy atom. The highest BCUT2D eigenvalue weighted by atomic mass is 19.1. The number of aromatic nitrogens is 3. The van der Waals surface area contributed by atoms with Crippen LogP contribution in [0.2, 0.25) is 0 Å². The van der Waals surface area contributed by atoms with Crippen LogP contribution in [0.1, 0.15) is 19.9 Å². The van der Waals surface area contributed by atoms with Gasteiger partial charge < -0.3 is 5.11 Å². The molecule has 1 N–H and O–H groups in total. The number of fused-ring (bicyclic) bond motifs is 1. The zero-order valence-electron chi connectivity index (χ0n) is 9.56. The Balaban J connectivity index is 2.63. The van der Waals surface area contributed by atoms with Gasteiger partial charge in [0.1, 0.15) is 11.3 Å². The van der Waals surface area contributed by atoms with Gasteiger partial charge in [-0.05, 0) is 5.92 Å². The van der Waals surface area contributed by atoms with E-state index in [1.54, 1.807) is 0 Å². The van der Waals surface area contributed by atoms with Gasteiger partial charge in [0.2, 0.25) is 0 Å². The van der Waals surface area contributed by atoms with E-state index in [0.717, 1.165) is 6.07 Å². The van der Waals surface area contributed by atoms with Crippen molar-refractivity contribution in [2.24, 2.45) is 5.92 Å². The zero-order chi connectivity index (χ0) is 12.6. The molecule has 1 atom stereocenters. The van der Waals surface area contributed by atoms with Crippen molar-refractivity contribution in [2.75, 3.05) is 6.61 Å². The molecule has 17 heavy (non-hydrogen) atoms. The molecule has 0 bridgehead atoms. The maximum absolute atomic E-state index is 13.4. The van der Waals surface area contributed by atoms with E-state index in [4.69, 9.17) is 0 Å². The number of aliphatic hydroxyl groups excluding tert-OH is 1. The van der Waals surface area contributed by atoms with Crippen LogP contribution in [-0.4, -0.2) is 26.7 Å². The topological polar surface area (TPSA) is 50.9 Å². The van der Waals surface area contributed by atoms with Crippen molar-refractivity contribution in [1.82, 2.24) is 15.0 Å². The Kier molecular flexibility index (Phi) is 3.06. The van der Waals surface area contributed by atoms with Gasteiger partial charge in [-0.25, -0.2) is 13.5 Å². The van der Waals surface area contributed by atoms with Crippen molar-refractivity contribution in [1.29, 1.82) is 0 Å². The lowest BCUT2D eigenvalue weighted by Gasteiger charge is -2.18. The Morgan fingerprint density at radius 2 is 2.06 bits per heavy atom. The summed E-state index contributed by atoms with van der Waals surface area (Å²) in [5.41, 5.74) is 0.278. The van der Waals surface area contributed by atoms with Gasteiger partial charge in [0.25, 0.3) is 0 Å². The predicted molar refractivity (Wildman–Crippen MR) is 58.4 cm³/mol. The first-order valence-electron chi connectivity index (χ1n) is 5.35. The maximum atomic E-state index is 13.4. The standard InChI is InChI=1S/C11H13F2N3O/c1-6(2)10(5-17)16-9-4-7(12)3-8(13)11(9)14-15-16/h3-4,6,10,17H,5H2,1-2H3. The zero-order valence-corrected chi connectivity index (χ0v) is 9.56. The summed E-state index contributed by atoms with van der Waals surface area (Å²) >= 11 is 0. The molecule has 0 aliphatic rings. The van der Waals surface area contributed by atoms with Crippen LogP contribution >= 0.6 is 0 Å². The summed E-state index contributed by atoms with van der Waals surface area (Å²) in [5, 5.41) is 16.8. The molecule has 0 amide bonds. The first-order valence-corrected chi connectivity index (χ1v) is 5.35. The Morgan fingerprint density at radius 3 is 2.65 bits per heavy atom. The lowest BCUT2D eigenvalue weighted by atomic mass is 10.1. The number of aliphatic hydroxyl groups is 1. The molecule has 0 fully saturated rings. The van der Waals surface area contributed by atoms with Crippen molar-refractivity contribution in [3.05, 3.63) is 23.8 Å². The molecule has 2 aromatic rings. The summed E-state index contributed by atoms with van der Waals surface area (Å²) < 4.78 is 27.9. The molecular formula is C11H13F2N3O. The van der Waals surface area contributed by atoms with Crippen LogP contribution in [-0.2, 0) is 0 Å². The monoisotopic (exact) mass is 241 g/mol. The van der Waals surface area contributed by atoms with E-state index in [1.807, 2.05) is 13.8 Å². The average molecular weight is 241 g/mol. The molecule has 0 spiro atoms. The van der Waals surface area contributed by atoms with E-state index in [9.17, 15) is 13.9 Å². The summed E-state index contributed by atoms with van der Waals surface area (Å²) in [4.78, 5) is 0. The van der Waals surface area contributed by atoms with Crippen LogP contribution in [0.5, 0.6) is 0 Å². The SMILES string of the molecule is CC(C)C(CO)n1nnc2c(F)cc(F)cc21. The van der Waals surface area contributed by atoms with E-state index in [1.165, 1.54) is 10.7 Å². The second-order valence-electron chi connectivity index (χ2n) is 4.28. The summed E-state index contributed by atoms with van der Waals surface area (Å²) in [6, 6.07) is 1.59. The molecule has 0 aliphatic carbocycles. The minimum atomic E-state index is -0.744. The number of hydrogen-bond acceptors (Lipinski definition) is 3. The molecule has 1 unspecified atom stereocenters. The third kappa shape index (κ3) is 2.00. The van der Waals surface area contributed by atoms with E-state index in [-0.39, 0.29) is 29.6 Å². The van der Waals surface area contributed by atoms with Crippen molar-refractivity contribution in [3.63, 3.8) is 0 Å². The number of rotatable bonds is 3. The van der Waals surface area contributed by atoms with Gasteiger partial charge in [-0.15, -0.1) is 5.10 Å². The lowest BCUT2D eigenvalue weighted by molar-refractivity contribution is 0.184. The van der Waals surface area contributed by atoms with Crippen LogP contribution in [0.4, 0.5) is 8.78 Å². The van der Waals surface area contributed by atoms with Crippen LogP contribution < -0.4 is 0 Å². The molecule has 0 radical (unpaired) electrons. The summed E-state index contributed by atoms with van der Waals surface area (Å²) in [6.07, 6.45) is 0. The van der Waals surface area contributed by atoms with E-state index < -0.39 is 11.6 Å². The first-order chi connectivity index (χ1) is 8.04. The number of benzene rings is 1. The minimum Gasteiger partial charge on any atom is -0.394 e. The van der Waals surface area contributed by atoms with Crippen LogP contribution in [0.15, 0.2) is 12.1 Å². The third-order valence-electron chi connectivity index (χ3n) is 2.77. The lowest BCUT2D eigenvalue weighted by Crippen LogP contribution is -2.20. The van der Waals surface area contributed by atoms with Crippen LogP contribution in [0.25, 0.3) is 11.0 Å². The van der Waals surface area contributed by atoms with Crippen molar-refractivity contribution in [3.8, 4) is 0 Å². The summed E-state index contributed by atoms with van der Waals surface area (Å²) in [5.74, 6) is -1.35. The number of halogens is 2. The highest BCUT2D eigenvalue weighted by Crippen LogP contribution is 2.23. The van der Waals surface area contributed by atoms with Crippen LogP contribution in [0, 0.1) is 17.6 Å². The number of hydrogen-bond donors (Lipinski definition) is 1. The van der Waals surface area contributed by atoms with Gasteiger partial charge in [-0.2, -0.15) is 0 Å². The molecule has 1 aromatic carbocycles. The fraction of sp³-hybridized carbons (Fsp3) is 0.455. The average Bonchev–Trinajstić information content (AvgIpc) is 2.63. The molecule has 92 valence electrons. The Hall–Kier alpha value is -1.56. The normalized spacial score (nSPS) is 13.5. The van der Waals surface area contributed by atoms with E-state index >= 15 is 0 Å². The molecule has 2 rings (SSSR count). The minimum absolute atomic E-state index is 0.0190. The molecule has 1 aromatic heterocycles. The second-order valence-corrected chi connectivity index (χ2v) is 4.28. The van der Waals surface area contributed by atoms with Gasteiger partial charge in [0.15, 0.2) is 5.82 Å². The number of nitrogens with zero attached hydrogens (tertiary/aromatic N) is 3. The Bertz CT molecular complexity index is 539. The molecule has 6 heteroatoms. The largest absolute Gasteiger partial charge is 0.394 e. The quantitative estimate of drug-likeness (QED) is 0.892. The van der Waals surface area contributed by atoms with Gasteiger partial charge in [-0.1, -0.05) is 19.1 Å². The van der Waals surface area contributed by atoms with Crippen molar-refractivity contribution in [2.45, 2.75) is 19.9 Å².